The Labute approximate surface area is 164 Å². The van der Waals surface area contributed by atoms with E-state index in [4.69, 9.17) is 0 Å². The Balaban J connectivity index is 1.69. The van der Waals surface area contributed by atoms with Crippen molar-refractivity contribution in [1.29, 1.82) is 0 Å². The van der Waals surface area contributed by atoms with Crippen molar-refractivity contribution in [3.63, 3.8) is 0 Å². The highest BCUT2D eigenvalue weighted by Gasteiger charge is 2.29. The quantitative estimate of drug-likeness (QED) is 0.412. The number of thioether (sulfide) groups is 2. The van der Waals surface area contributed by atoms with E-state index in [1.165, 1.54) is 34.9 Å². The summed E-state index contributed by atoms with van der Waals surface area (Å²) in [5.41, 5.74) is 0.511. The molecule has 1 aliphatic heterocycles. The van der Waals surface area contributed by atoms with E-state index in [0.29, 0.717) is 17.1 Å². The van der Waals surface area contributed by atoms with E-state index >= 15 is 0 Å². The molecule has 10 heteroatoms. The number of carbonyl (C=O) groups is 1. The third-order valence-corrected chi connectivity index (χ3v) is 8.86. The van der Waals surface area contributed by atoms with Gasteiger partial charge in [-0.05, 0) is 18.6 Å². The molecule has 1 fully saturated rings. The maximum absolute atomic E-state index is 12.6. The maximum atomic E-state index is 12.6. The molecule has 1 saturated heterocycles. The van der Waals surface area contributed by atoms with E-state index in [9.17, 15) is 13.2 Å². The Kier molecular flexibility index (Phi) is 6.38. The number of aromatic nitrogens is 2. The molecular weight excluding hydrogens is 410 g/mol. The van der Waals surface area contributed by atoms with Crippen LogP contribution in [-0.2, 0) is 9.84 Å². The standard InChI is InChI=1S/C16H17N3O3S4/c1-2-8-23-16-19-18-15(25-16)17-14(20)12-5-3-4-6-13(12)24-11-7-9-26(21,22)10-11/h2-6,11H,1,7-10H2,(H,17,18,20). The minimum atomic E-state index is -2.95. The average molecular weight is 428 g/mol. The van der Waals surface area contributed by atoms with Crippen LogP contribution in [0.15, 0.2) is 46.2 Å². The van der Waals surface area contributed by atoms with Gasteiger partial charge in [0.1, 0.15) is 0 Å². The zero-order valence-electron chi connectivity index (χ0n) is 13.8. The van der Waals surface area contributed by atoms with Crippen LogP contribution < -0.4 is 5.32 Å². The van der Waals surface area contributed by atoms with E-state index in [-0.39, 0.29) is 22.7 Å². The maximum Gasteiger partial charge on any atom is 0.258 e. The van der Waals surface area contributed by atoms with Gasteiger partial charge >= 0.3 is 0 Å². The van der Waals surface area contributed by atoms with E-state index in [1.807, 2.05) is 12.1 Å². The summed E-state index contributed by atoms with van der Waals surface area (Å²) in [5.74, 6) is 0.834. The second-order valence-electron chi connectivity index (χ2n) is 5.57. The molecule has 2 aromatic rings. The molecule has 1 atom stereocenters. The Hall–Kier alpha value is -1.36. The van der Waals surface area contributed by atoms with Gasteiger partial charge < -0.3 is 0 Å². The van der Waals surface area contributed by atoms with Gasteiger partial charge in [0.05, 0.1) is 17.1 Å². The number of hydrogen-bond acceptors (Lipinski definition) is 8. The molecule has 26 heavy (non-hydrogen) atoms. The molecule has 0 saturated carbocycles. The molecule has 2 heterocycles. The average Bonchev–Trinajstić information content (AvgIpc) is 3.19. The minimum absolute atomic E-state index is 0.0163. The lowest BCUT2D eigenvalue weighted by Crippen LogP contribution is -2.14. The molecule has 1 unspecified atom stereocenters. The summed E-state index contributed by atoms with van der Waals surface area (Å²) in [6.45, 7) is 3.66. The first-order chi connectivity index (χ1) is 12.5. The number of benzene rings is 1. The fourth-order valence-corrected chi connectivity index (χ4v) is 7.54. The largest absolute Gasteiger partial charge is 0.296 e. The van der Waals surface area contributed by atoms with Gasteiger partial charge in [-0.2, -0.15) is 0 Å². The minimum Gasteiger partial charge on any atom is -0.296 e. The number of amides is 1. The van der Waals surface area contributed by atoms with Crippen molar-refractivity contribution >= 4 is 55.7 Å². The SMILES string of the molecule is C=CCSc1nnc(NC(=O)c2ccccc2SC2CCS(=O)(=O)C2)s1. The summed E-state index contributed by atoms with van der Waals surface area (Å²) < 4.78 is 24.1. The number of nitrogens with one attached hydrogen (secondary N) is 1. The molecule has 6 nitrogen and oxygen atoms in total. The van der Waals surface area contributed by atoms with Crippen LogP contribution in [0.1, 0.15) is 16.8 Å². The normalized spacial score (nSPS) is 18.5. The van der Waals surface area contributed by atoms with Crippen LogP contribution in [0.25, 0.3) is 0 Å². The van der Waals surface area contributed by atoms with Crippen molar-refractivity contribution in [2.75, 3.05) is 22.6 Å². The number of carbonyl (C=O) groups excluding carboxylic acids is 1. The summed E-state index contributed by atoms with van der Waals surface area (Å²) >= 11 is 4.26. The van der Waals surface area contributed by atoms with Crippen molar-refractivity contribution in [3.8, 4) is 0 Å². The number of anilines is 1. The highest BCUT2D eigenvalue weighted by atomic mass is 32.2. The molecule has 1 aliphatic rings. The third kappa shape index (κ3) is 5.09. The lowest BCUT2D eigenvalue weighted by atomic mass is 10.2. The second-order valence-corrected chi connectivity index (χ2v) is 11.4. The van der Waals surface area contributed by atoms with Crippen LogP contribution in [0.4, 0.5) is 5.13 Å². The molecule has 1 N–H and O–H groups in total. The lowest BCUT2D eigenvalue weighted by molar-refractivity contribution is 0.102. The Morgan fingerprint density at radius 1 is 1.38 bits per heavy atom. The Bertz CT molecular complexity index is 911. The van der Waals surface area contributed by atoms with Gasteiger partial charge in [0.15, 0.2) is 14.2 Å². The van der Waals surface area contributed by atoms with Crippen LogP contribution in [0, 0.1) is 0 Å². The molecule has 1 aromatic heterocycles. The van der Waals surface area contributed by atoms with Gasteiger partial charge in [0, 0.05) is 15.9 Å². The van der Waals surface area contributed by atoms with Crippen molar-refractivity contribution < 1.29 is 13.2 Å². The lowest BCUT2D eigenvalue weighted by Gasteiger charge is -2.11. The topological polar surface area (TPSA) is 89.0 Å². The Morgan fingerprint density at radius 2 is 2.19 bits per heavy atom. The molecule has 0 aliphatic carbocycles. The predicted octanol–water partition coefficient (Wildman–Crippen LogP) is 3.35. The molecule has 0 bridgehead atoms. The molecular formula is C16H17N3O3S4. The first-order valence-corrected chi connectivity index (χ1v) is 12.3. The third-order valence-electron chi connectivity index (χ3n) is 3.57. The molecule has 0 spiro atoms. The highest BCUT2D eigenvalue weighted by molar-refractivity contribution is 8.02. The van der Waals surface area contributed by atoms with Gasteiger partial charge in [-0.1, -0.05) is 41.3 Å². The van der Waals surface area contributed by atoms with E-state index in [1.54, 1.807) is 18.2 Å². The van der Waals surface area contributed by atoms with Gasteiger partial charge in [0.2, 0.25) is 5.13 Å². The van der Waals surface area contributed by atoms with Gasteiger partial charge in [-0.25, -0.2) is 8.42 Å². The van der Waals surface area contributed by atoms with Crippen LogP contribution in [0.2, 0.25) is 0 Å². The van der Waals surface area contributed by atoms with Crippen molar-refractivity contribution in [1.82, 2.24) is 10.2 Å². The smallest absolute Gasteiger partial charge is 0.258 e. The molecule has 0 radical (unpaired) electrons. The van der Waals surface area contributed by atoms with Crippen molar-refractivity contribution in [2.24, 2.45) is 0 Å². The second kappa shape index (κ2) is 8.55. The predicted molar refractivity (Wildman–Crippen MR) is 108 cm³/mol. The van der Waals surface area contributed by atoms with Gasteiger partial charge in [-0.3, -0.25) is 10.1 Å². The summed E-state index contributed by atoms with van der Waals surface area (Å²) in [5, 5.41) is 11.2. The highest BCUT2D eigenvalue weighted by Crippen LogP contribution is 2.33. The van der Waals surface area contributed by atoms with Crippen LogP contribution in [0.3, 0.4) is 0 Å². The molecule has 1 amide bonds. The summed E-state index contributed by atoms with van der Waals surface area (Å²) in [7, 11) is -2.95. The van der Waals surface area contributed by atoms with Crippen molar-refractivity contribution in [3.05, 3.63) is 42.5 Å². The van der Waals surface area contributed by atoms with E-state index in [2.05, 4.69) is 22.1 Å². The first kappa shape index (κ1) is 19.4. The zero-order valence-corrected chi connectivity index (χ0v) is 17.0. The summed E-state index contributed by atoms with van der Waals surface area (Å²) in [4.78, 5) is 13.4. The van der Waals surface area contributed by atoms with Crippen LogP contribution in [0.5, 0.6) is 0 Å². The number of rotatable bonds is 7. The number of nitrogens with zero attached hydrogens (tertiary/aromatic N) is 2. The fourth-order valence-electron chi connectivity index (χ4n) is 2.40. The zero-order chi connectivity index (χ0) is 18.6. The van der Waals surface area contributed by atoms with Crippen LogP contribution >= 0.6 is 34.9 Å². The molecule has 138 valence electrons. The van der Waals surface area contributed by atoms with Crippen LogP contribution in [-0.4, -0.2) is 47.0 Å². The first-order valence-electron chi connectivity index (χ1n) is 7.81. The van der Waals surface area contributed by atoms with Gasteiger partial charge in [-0.15, -0.1) is 28.5 Å². The number of sulfone groups is 1. The summed E-state index contributed by atoms with van der Waals surface area (Å²) in [6, 6.07) is 7.21. The number of hydrogen-bond donors (Lipinski definition) is 1. The van der Waals surface area contributed by atoms with Gasteiger partial charge in [0.25, 0.3) is 5.91 Å². The van der Waals surface area contributed by atoms with Crippen molar-refractivity contribution in [2.45, 2.75) is 20.9 Å². The van der Waals surface area contributed by atoms with E-state index in [0.717, 1.165) is 15.0 Å². The van der Waals surface area contributed by atoms with E-state index < -0.39 is 9.84 Å². The Morgan fingerprint density at radius 3 is 2.92 bits per heavy atom. The molecule has 3 rings (SSSR count). The summed E-state index contributed by atoms with van der Waals surface area (Å²) in [6.07, 6.45) is 2.39. The monoisotopic (exact) mass is 427 g/mol. The molecule has 1 aromatic carbocycles. The fraction of sp³-hybridized carbons (Fsp3) is 0.312.